The average Bonchev–Trinajstić information content (AvgIpc) is 2.96. The molecule has 0 aliphatic carbocycles. The fraction of sp³-hybridized carbons (Fsp3) is 0.286. The lowest BCUT2D eigenvalue weighted by Crippen LogP contribution is -2.27. The summed E-state index contributed by atoms with van der Waals surface area (Å²) < 4.78 is 16.1. The Hall–Kier alpha value is -2.54. The molecule has 2 aromatic rings. The van der Waals surface area contributed by atoms with E-state index in [2.05, 4.69) is 10.5 Å². The van der Waals surface area contributed by atoms with Crippen molar-refractivity contribution in [3.63, 3.8) is 0 Å². The van der Waals surface area contributed by atoms with Crippen molar-refractivity contribution in [1.29, 1.82) is 0 Å². The summed E-state index contributed by atoms with van der Waals surface area (Å²) in [5, 5.41) is 15.1. The minimum absolute atomic E-state index is 0.134. The van der Waals surface area contributed by atoms with Gasteiger partial charge >= 0.3 is 0 Å². The van der Waals surface area contributed by atoms with Gasteiger partial charge in [-0.15, -0.1) is 0 Å². The van der Waals surface area contributed by atoms with Gasteiger partial charge in [0, 0.05) is 12.6 Å². The molecule has 2 N–H and O–H groups in total. The van der Waals surface area contributed by atoms with Gasteiger partial charge in [0.1, 0.15) is 18.1 Å². The Morgan fingerprint density at radius 2 is 2.38 bits per heavy atom. The molecule has 1 aromatic heterocycles. The van der Waals surface area contributed by atoms with Crippen LogP contribution in [-0.4, -0.2) is 36.4 Å². The molecule has 21 heavy (non-hydrogen) atoms. The van der Waals surface area contributed by atoms with Crippen LogP contribution >= 0.6 is 0 Å². The van der Waals surface area contributed by atoms with Gasteiger partial charge in [-0.1, -0.05) is 5.16 Å². The zero-order valence-electron chi connectivity index (χ0n) is 11.4. The number of nitrogens with zero attached hydrogens (tertiary/aromatic N) is 1. The van der Waals surface area contributed by atoms with E-state index in [1.54, 1.807) is 25.3 Å². The van der Waals surface area contributed by atoms with Crippen molar-refractivity contribution in [3.05, 3.63) is 29.5 Å². The molecule has 1 amide bonds. The van der Waals surface area contributed by atoms with Crippen LogP contribution < -0.4 is 14.8 Å². The number of hydrogen-bond donors (Lipinski definition) is 2. The van der Waals surface area contributed by atoms with Gasteiger partial charge in [0.25, 0.3) is 5.91 Å². The van der Waals surface area contributed by atoms with Gasteiger partial charge in [-0.25, -0.2) is 0 Å². The second-order valence-corrected chi connectivity index (χ2v) is 4.47. The number of hydrogen-bond acceptors (Lipinski definition) is 6. The monoisotopic (exact) mass is 290 g/mol. The van der Waals surface area contributed by atoms with Gasteiger partial charge in [-0.05, 0) is 12.1 Å². The quantitative estimate of drug-likeness (QED) is 0.871. The van der Waals surface area contributed by atoms with Crippen molar-refractivity contribution in [2.75, 3.05) is 20.3 Å². The topological polar surface area (TPSA) is 93.8 Å². The van der Waals surface area contributed by atoms with Crippen LogP contribution in [0.4, 0.5) is 0 Å². The van der Waals surface area contributed by atoms with Crippen LogP contribution in [0.5, 0.6) is 11.5 Å². The van der Waals surface area contributed by atoms with Gasteiger partial charge in [0.05, 0.1) is 24.8 Å². The summed E-state index contributed by atoms with van der Waals surface area (Å²) in [4.78, 5) is 11.9. The van der Waals surface area contributed by atoms with Crippen LogP contribution in [-0.2, 0) is 6.61 Å². The molecule has 0 radical (unpaired) electrons. The van der Waals surface area contributed by atoms with E-state index in [-0.39, 0.29) is 25.5 Å². The highest BCUT2D eigenvalue weighted by Crippen LogP contribution is 2.40. The SMILES string of the molecule is COc1ccc2c(c1)OCc1c(C(=O)NCCO)noc1-2. The maximum atomic E-state index is 11.9. The summed E-state index contributed by atoms with van der Waals surface area (Å²) in [6.45, 7) is 0.223. The van der Waals surface area contributed by atoms with E-state index < -0.39 is 5.91 Å². The van der Waals surface area contributed by atoms with Crippen LogP contribution in [0.15, 0.2) is 22.7 Å². The van der Waals surface area contributed by atoms with E-state index in [0.29, 0.717) is 22.8 Å². The van der Waals surface area contributed by atoms with Gasteiger partial charge in [0.15, 0.2) is 11.5 Å². The summed E-state index contributed by atoms with van der Waals surface area (Å²) >= 11 is 0. The summed E-state index contributed by atoms with van der Waals surface area (Å²) in [6.07, 6.45) is 0. The fourth-order valence-corrected chi connectivity index (χ4v) is 2.17. The van der Waals surface area contributed by atoms with Crippen LogP contribution in [0, 0.1) is 0 Å². The number of methoxy groups -OCH3 is 1. The molecule has 1 aliphatic heterocycles. The van der Waals surface area contributed by atoms with Gasteiger partial charge in [0.2, 0.25) is 0 Å². The summed E-state index contributed by atoms with van der Waals surface area (Å²) in [7, 11) is 1.58. The number of rotatable bonds is 4. The first-order chi connectivity index (χ1) is 10.2. The van der Waals surface area contributed by atoms with E-state index in [4.69, 9.17) is 19.1 Å². The summed E-state index contributed by atoms with van der Waals surface area (Å²) in [6, 6.07) is 5.34. The number of amides is 1. The summed E-state index contributed by atoms with van der Waals surface area (Å²) in [5.41, 5.74) is 1.51. The molecular weight excluding hydrogens is 276 g/mol. The van der Waals surface area contributed by atoms with Crippen LogP contribution in [0.2, 0.25) is 0 Å². The standard InChI is InChI=1S/C14H14N2O5/c1-19-8-2-3-9-11(6-8)20-7-10-12(16-21-13(9)10)14(18)15-4-5-17/h2-3,6,17H,4-5,7H2,1H3,(H,15,18). The molecule has 3 rings (SSSR count). The number of benzene rings is 1. The van der Waals surface area contributed by atoms with Crippen molar-refractivity contribution in [2.24, 2.45) is 0 Å². The van der Waals surface area contributed by atoms with Crippen LogP contribution in [0.25, 0.3) is 11.3 Å². The van der Waals surface area contributed by atoms with Crippen LogP contribution in [0.3, 0.4) is 0 Å². The van der Waals surface area contributed by atoms with E-state index in [1.165, 1.54) is 0 Å². The average molecular weight is 290 g/mol. The van der Waals surface area contributed by atoms with Crippen molar-refractivity contribution in [3.8, 4) is 22.8 Å². The van der Waals surface area contributed by atoms with Crippen molar-refractivity contribution in [2.45, 2.75) is 6.61 Å². The molecule has 1 aromatic carbocycles. The highest BCUT2D eigenvalue weighted by Gasteiger charge is 2.28. The van der Waals surface area contributed by atoms with E-state index in [1.807, 2.05) is 0 Å². The van der Waals surface area contributed by atoms with E-state index in [0.717, 1.165) is 5.56 Å². The number of aromatic nitrogens is 1. The third kappa shape index (κ3) is 2.31. The molecule has 1 aliphatic rings. The number of carbonyl (C=O) groups is 1. The molecule has 0 unspecified atom stereocenters. The second-order valence-electron chi connectivity index (χ2n) is 4.47. The number of nitrogens with one attached hydrogen (secondary N) is 1. The molecule has 0 fully saturated rings. The molecule has 110 valence electrons. The number of aliphatic hydroxyl groups excluding tert-OH is 1. The zero-order chi connectivity index (χ0) is 14.8. The minimum Gasteiger partial charge on any atom is -0.497 e. The van der Waals surface area contributed by atoms with Crippen molar-refractivity contribution < 1.29 is 23.9 Å². The maximum absolute atomic E-state index is 11.9. The molecule has 7 heteroatoms. The third-order valence-electron chi connectivity index (χ3n) is 3.21. The van der Waals surface area contributed by atoms with Crippen molar-refractivity contribution >= 4 is 5.91 Å². The molecule has 0 atom stereocenters. The molecule has 0 spiro atoms. The van der Waals surface area contributed by atoms with Gasteiger partial charge < -0.3 is 24.4 Å². The lowest BCUT2D eigenvalue weighted by atomic mass is 10.0. The van der Waals surface area contributed by atoms with E-state index in [9.17, 15) is 4.79 Å². The van der Waals surface area contributed by atoms with Crippen molar-refractivity contribution in [1.82, 2.24) is 10.5 Å². The summed E-state index contributed by atoms with van der Waals surface area (Å²) in [5.74, 6) is 1.43. The first kappa shape index (κ1) is 13.4. The predicted octanol–water partition coefficient (Wildman–Crippen LogP) is 0.965. The Labute approximate surface area is 120 Å². The zero-order valence-corrected chi connectivity index (χ0v) is 11.4. The van der Waals surface area contributed by atoms with Crippen LogP contribution in [0.1, 0.15) is 16.1 Å². The second kappa shape index (κ2) is 5.45. The number of ether oxygens (including phenoxy) is 2. The third-order valence-corrected chi connectivity index (χ3v) is 3.21. The van der Waals surface area contributed by atoms with Gasteiger partial charge in [-0.3, -0.25) is 4.79 Å². The predicted molar refractivity (Wildman–Crippen MR) is 72.2 cm³/mol. The Morgan fingerprint density at radius 3 is 3.14 bits per heavy atom. The first-order valence-electron chi connectivity index (χ1n) is 6.43. The number of carbonyl (C=O) groups excluding carboxylic acids is 1. The highest BCUT2D eigenvalue weighted by molar-refractivity contribution is 5.95. The largest absolute Gasteiger partial charge is 0.497 e. The molecular formula is C14H14N2O5. The fourth-order valence-electron chi connectivity index (χ4n) is 2.17. The number of fused-ring (bicyclic) bond motifs is 3. The Kier molecular flexibility index (Phi) is 3.49. The van der Waals surface area contributed by atoms with Gasteiger partial charge in [-0.2, -0.15) is 0 Å². The molecule has 2 heterocycles. The Bertz CT molecular complexity index is 680. The molecule has 0 saturated carbocycles. The minimum atomic E-state index is -0.394. The smallest absolute Gasteiger partial charge is 0.273 e. The van der Waals surface area contributed by atoms with E-state index >= 15 is 0 Å². The normalized spacial score (nSPS) is 12.1. The Morgan fingerprint density at radius 1 is 1.52 bits per heavy atom. The molecule has 0 bridgehead atoms. The molecule has 0 saturated heterocycles. The lowest BCUT2D eigenvalue weighted by molar-refractivity contribution is 0.0933. The molecule has 7 nitrogen and oxygen atoms in total. The Balaban J connectivity index is 1.96. The maximum Gasteiger partial charge on any atom is 0.273 e. The number of aliphatic hydroxyl groups is 1. The highest BCUT2D eigenvalue weighted by atomic mass is 16.5. The lowest BCUT2D eigenvalue weighted by Gasteiger charge is -2.17. The first-order valence-corrected chi connectivity index (χ1v) is 6.43.